The molecular weight excluding hydrogens is 705 g/mol. The molecule has 4 heterocycles. The summed E-state index contributed by atoms with van der Waals surface area (Å²) in [6.07, 6.45) is 0. The molecule has 8 rings (SSSR count). The molecule has 8 aromatic rings. The summed E-state index contributed by atoms with van der Waals surface area (Å²) in [5.74, 6) is -1.30. The summed E-state index contributed by atoms with van der Waals surface area (Å²) in [7, 11) is 0. The Hall–Kier alpha value is -6.38. The monoisotopic (exact) mass is 736 g/mol. The molecule has 0 bridgehead atoms. The highest BCUT2D eigenvalue weighted by molar-refractivity contribution is 7.22. The van der Waals surface area contributed by atoms with Crippen molar-refractivity contribution < 1.29 is 27.9 Å². The fourth-order valence-electron chi connectivity index (χ4n) is 4.61. The highest BCUT2D eigenvalue weighted by atomic mass is 32.1. The van der Waals surface area contributed by atoms with E-state index in [1.54, 1.807) is 62.4 Å². The lowest BCUT2D eigenvalue weighted by Crippen LogP contribution is -2.16. The zero-order valence-electron chi connectivity index (χ0n) is 27.9. The molecule has 0 fully saturated rings. The topological polar surface area (TPSA) is 191 Å². The van der Waals surface area contributed by atoms with Crippen molar-refractivity contribution in [3.8, 4) is 0 Å². The predicted octanol–water partition coefficient (Wildman–Crippen LogP) is 7.70. The first-order chi connectivity index (χ1) is 25.2. The van der Waals surface area contributed by atoms with Gasteiger partial charge in [-0.25, -0.2) is 29.1 Å². The third-order valence-corrected chi connectivity index (χ3v) is 8.63. The average molecular weight is 737 g/mol. The molecule has 0 saturated heterocycles. The Morgan fingerprint density at radius 2 is 0.962 bits per heavy atom. The first kappa shape index (κ1) is 36.9. The molecule has 52 heavy (non-hydrogen) atoms. The van der Waals surface area contributed by atoms with E-state index in [1.807, 2.05) is 48.5 Å². The third kappa shape index (κ3) is 9.44. The number of nitrogen functional groups attached to an aromatic ring is 2. The van der Waals surface area contributed by atoms with Gasteiger partial charge in [-0.15, -0.1) is 0 Å². The molecule has 14 heteroatoms. The van der Waals surface area contributed by atoms with Gasteiger partial charge in [0, 0.05) is 10.8 Å². The molecule has 0 amide bonds. The molecule has 264 valence electrons. The highest BCUT2D eigenvalue weighted by Crippen LogP contribution is 2.23. The number of carbonyl (C=O) groups excluding carboxylic acids is 2. The lowest BCUT2D eigenvalue weighted by Gasteiger charge is -2.01. The summed E-state index contributed by atoms with van der Waals surface area (Å²) >= 11 is 3.04. The Labute approximate surface area is 303 Å². The van der Waals surface area contributed by atoms with Gasteiger partial charge in [0.2, 0.25) is 0 Å². The Morgan fingerprint density at radius 1 is 0.596 bits per heavy atom. The first-order valence-corrected chi connectivity index (χ1v) is 17.4. The number of benzene rings is 4. The van der Waals surface area contributed by atoms with Crippen LogP contribution in [0.4, 0.5) is 10.3 Å². The van der Waals surface area contributed by atoms with Crippen molar-refractivity contribution in [3.63, 3.8) is 0 Å². The van der Waals surface area contributed by atoms with Gasteiger partial charge in [-0.2, -0.15) is 0 Å². The minimum atomic E-state index is -0.669. The van der Waals surface area contributed by atoms with Crippen molar-refractivity contribution in [2.45, 2.75) is 13.8 Å². The SMILES string of the molecule is CCOC(=O)c1cc2ccccc2oc1=O.CCOC(=O)c1cc2ccccc2oc1=O.Nc1nc2ccccc2s1.Nc1nc2ccccc2s1. The van der Waals surface area contributed by atoms with Crippen molar-refractivity contribution in [3.05, 3.63) is 141 Å². The molecule has 0 aliphatic heterocycles. The first-order valence-electron chi connectivity index (χ1n) is 15.8. The second kappa shape index (κ2) is 17.5. The number of nitrogens with two attached hydrogens (primary N) is 2. The van der Waals surface area contributed by atoms with Crippen LogP contribution >= 0.6 is 22.7 Å². The van der Waals surface area contributed by atoms with Gasteiger partial charge in [0.05, 0.1) is 33.6 Å². The van der Waals surface area contributed by atoms with E-state index in [0.29, 0.717) is 32.2 Å². The minimum absolute atomic E-state index is 0.0689. The average Bonchev–Trinajstić information content (AvgIpc) is 3.72. The van der Waals surface area contributed by atoms with Crippen LogP contribution in [-0.2, 0) is 9.47 Å². The van der Waals surface area contributed by atoms with Gasteiger partial charge in [0.25, 0.3) is 0 Å². The van der Waals surface area contributed by atoms with Crippen LogP contribution in [0.5, 0.6) is 0 Å². The standard InChI is InChI=1S/2C12H10O4.2C7H6N2S/c2*1-2-15-11(13)9-7-8-5-3-4-6-10(8)16-12(9)14;2*8-7-9-5-3-1-2-4-6(5)10-7/h2*3-7H,2H2,1H3;2*1-4H,(H2,8,9). The van der Waals surface area contributed by atoms with Crippen molar-refractivity contribution in [2.24, 2.45) is 0 Å². The molecule has 4 aromatic heterocycles. The number of aromatic nitrogens is 2. The van der Waals surface area contributed by atoms with Crippen LogP contribution in [0.15, 0.2) is 128 Å². The van der Waals surface area contributed by atoms with Gasteiger partial charge in [0.15, 0.2) is 10.3 Å². The van der Waals surface area contributed by atoms with E-state index in [9.17, 15) is 19.2 Å². The zero-order valence-corrected chi connectivity index (χ0v) is 29.6. The van der Waals surface area contributed by atoms with Crippen LogP contribution in [0.1, 0.15) is 34.6 Å². The fourth-order valence-corrected chi connectivity index (χ4v) is 6.07. The smallest absolute Gasteiger partial charge is 0.351 e. The maximum Gasteiger partial charge on any atom is 0.351 e. The molecule has 4 N–H and O–H groups in total. The minimum Gasteiger partial charge on any atom is -0.462 e. The van der Waals surface area contributed by atoms with E-state index in [-0.39, 0.29) is 24.3 Å². The molecular formula is C38H32N4O8S2. The molecule has 0 radical (unpaired) electrons. The fraction of sp³-hybridized carbons (Fsp3) is 0.105. The van der Waals surface area contributed by atoms with Gasteiger partial charge < -0.3 is 29.8 Å². The summed E-state index contributed by atoms with van der Waals surface area (Å²) in [5.41, 5.74) is 12.4. The third-order valence-electron chi connectivity index (χ3n) is 6.89. The number of esters is 2. The maximum absolute atomic E-state index is 11.5. The molecule has 0 spiro atoms. The Balaban J connectivity index is 0.000000137. The van der Waals surface area contributed by atoms with Gasteiger partial charge >= 0.3 is 23.2 Å². The van der Waals surface area contributed by atoms with Crippen LogP contribution in [-0.4, -0.2) is 35.1 Å². The molecule has 0 aliphatic carbocycles. The molecule has 0 unspecified atom stereocenters. The second-order valence-corrected chi connectivity index (χ2v) is 12.6. The van der Waals surface area contributed by atoms with Gasteiger partial charge in [-0.3, -0.25) is 0 Å². The van der Waals surface area contributed by atoms with E-state index in [4.69, 9.17) is 29.8 Å². The highest BCUT2D eigenvalue weighted by Gasteiger charge is 2.15. The van der Waals surface area contributed by atoms with Crippen LogP contribution in [0.3, 0.4) is 0 Å². The largest absolute Gasteiger partial charge is 0.462 e. The number of fused-ring (bicyclic) bond motifs is 4. The van der Waals surface area contributed by atoms with E-state index >= 15 is 0 Å². The molecule has 12 nitrogen and oxygen atoms in total. The van der Waals surface area contributed by atoms with Crippen LogP contribution in [0.25, 0.3) is 42.4 Å². The quantitative estimate of drug-likeness (QED) is 0.132. The van der Waals surface area contributed by atoms with Crippen molar-refractivity contribution in [2.75, 3.05) is 24.7 Å². The summed E-state index contributed by atoms with van der Waals surface area (Å²) < 4.78 is 21.8. The number of ether oxygens (including phenoxy) is 2. The Bertz CT molecular complexity index is 2350. The number of para-hydroxylation sites is 4. The van der Waals surface area contributed by atoms with Crippen LogP contribution < -0.4 is 22.7 Å². The van der Waals surface area contributed by atoms with Gasteiger partial charge in [-0.05, 0) is 62.4 Å². The number of anilines is 2. The summed E-state index contributed by atoms with van der Waals surface area (Å²) in [6.45, 7) is 3.82. The van der Waals surface area contributed by atoms with Crippen molar-refractivity contribution in [1.29, 1.82) is 0 Å². The zero-order chi connectivity index (χ0) is 37.0. The Morgan fingerprint density at radius 3 is 1.35 bits per heavy atom. The van der Waals surface area contributed by atoms with Crippen molar-refractivity contribution >= 4 is 87.2 Å². The molecule has 0 aliphatic rings. The van der Waals surface area contributed by atoms with Gasteiger partial charge in [0.1, 0.15) is 22.3 Å². The number of nitrogens with zero attached hydrogens (tertiary/aromatic N) is 2. The van der Waals surface area contributed by atoms with Crippen LogP contribution in [0.2, 0.25) is 0 Å². The number of hydrogen-bond acceptors (Lipinski definition) is 14. The van der Waals surface area contributed by atoms with E-state index in [1.165, 1.54) is 34.8 Å². The lowest BCUT2D eigenvalue weighted by atomic mass is 10.2. The number of hydrogen-bond donors (Lipinski definition) is 2. The summed E-state index contributed by atoms with van der Waals surface area (Å²) in [5, 5.41) is 2.68. The van der Waals surface area contributed by atoms with E-state index < -0.39 is 23.2 Å². The van der Waals surface area contributed by atoms with E-state index in [0.717, 1.165) is 20.4 Å². The number of thiazole rings is 2. The maximum atomic E-state index is 11.5. The number of carbonyl (C=O) groups is 2. The van der Waals surface area contributed by atoms with Crippen molar-refractivity contribution in [1.82, 2.24) is 9.97 Å². The number of rotatable bonds is 4. The summed E-state index contributed by atoms with van der Waals surface area (Å²) in [4.78, 5) is 54.0. The Kier molecular flexibility index (Phi) is 12.4. The molecule has 0 saturated carbocycles. The van der Waals surface area contributed by atoms with Gasteiger partial charge in [-0.1, -0.05) is 83.3 Å². The lowest BCUT2D eigenvalue weighted by molar-refractivity contribution is 0.0512. The molecule has 4 aromatic carbocycles. The second-order valence-electron chi connectivity index (χ2n) is 10.5. The summed E-state index contributed by atoms with van der Waals surface area (Å²) in [6, 6.07) is 32.8. The predicted molar refractivity (Wildman–Crippen MR) is 205 cm³/mol. The normalized spacial score (nSPS) is 10.3. The van der Waals surface area contributed by atoms with Crippen LogP contribution in [0, 0.1) is 0 Å². The molecule has 0 atom stereocenters. The van der Waals surface area contributed by atoms with E-state index in [2.05, 4.69) is 9.97 Å².